The number of carbonyl (C=O) groups is 1. The lowest BCUT2D eigenvalue weighted by Crippen LogP contribution is -2.14. The molecule has 3 rings (SSSR count). The lowest BCUT2D eigenvalue weighted by atomic mass is 10.1. The Morgan fingerprint density at radius 2 is 2.13 bits per heavy atom. The average Bonchev–Trinajstić information content (AvgIpc) is 2.91. The third-order valence-electron chi connectivity index (χ3n) is 2.93. The van der Waals surface area contributed by atoms with E-state index in [2.05, 4.69) is 15.5 Å². The van der Waals surface area contributed by atoms with Gasteiger partial charge in [-0.2, -0.15) is 0 Å². The molecule has 23 heavy (non-hydrogen) atoms. The SMILES string of the molecule is Cc1nnc(NC(=O)c2cc3cc([N+](=O)[O-])ccc3c(=O)o2)s1. The molecule has 0 spiro atoms. The lowest BCUT2D eigenvalue weighted by molar-refractivity contribution is -0.384. The molecule has 10 heteroatoms. The van der Waals surface area contributed by atoms with Gasteiger partial charge in [0.2, 0.25) is 5.13 Å². The number of aryl methyl sites for hydroxylation is 1. The van der Waals surface area contributed by atoms with Crippen molar-refractivity contribution in [2.45, 2.75) is 6.92 Å². The van der Waals surface area contributed by atoms with Crippen LogP contribution in [0.4, 0.5) is 10.8 Å². The molecule has 1 N–H and O–H groups in total. The first-order valence-electron chi connectivity index (χ1n) is 6.28. The number of benzene rings is 1. The summed E-state index contributed by atoms with van der Waals surface area (Å²) in [6.07, 6.45) is 0. The Bertz CT molecular complexity index is 993. The van der Waals surface area contributed by atoms with Gasteiger partial charge in [-0.15, -0.1) is 10.2 Å². The number of anilines is 1. The molecule has 0 aliphatic rings. The zero-order valence-corrected chi connectivity index (χ0v) is 12.4. The topological polar surface area (TPSA) is 128 Å². The fraction of sp³-hybridized carbons (Fsp3) is 0.0769. The monoisotopic (exact) mass is 332 g/mol. The van der Waals surface area contributed by atoms with Gasteiger partial charge in [0.1, 0.15) is 5.01 Å². The van der Waals surface area contributed by atoms with Crippen LogP contribution in [0.25, 0.3) is 10.8 Å². The van der Waals surface area contributed by atoms with Crippen LogP contribution in [-0.2, 0) is 0 Å². The van der Waals surface area contributed by atoms with E-state index in [1.807, 2.05) is 0 Å². The van der Waals surface area contributed by atoms with Crippen LogP contribution in [0.5, 0.6) is 0 Å². The Morgan fingerprint density at radius 3 is 2.78 bits per heavy atom. The zero-order valence-electron chi connectivity index (χ0n) is 11.6. The highest BCUT2D eigenvalue weighted by Gasteiger charge is 2.16. The first-order chi connectivity index (χ1) is 10.9. The molecule has 0 atom stereocenters. The van der Waals surface area contributed by atoms with Gasteiger partial charge in [0.15, 0.2) is 5.76 Å². The minimum absolute atomic E-state index is 0.152. The summed E-state index contributed by atoms with van der Waals surface area (Å²) in [6, 6.07) is 4.96. The Kier molecular flexibility index (Phi) is 3.58. The van der Waals surface area contributed by atoms with Crippen LogP contribution < -0.4 is 10.9 Å². The number of nitrogens with zero attached hydrogens (tertiary/aromatic N) is 3. The molecule has 3 aromatic rings. The van der Waals surface area contributed by atoms with Crippen molar-refractivity contribution in [3.8, 4) is 0 Å². The molecule has 2 aromatic heterocycles. The van der Waals surface area contributed by atoms with Crippen molar-refractivity contribution in [3.05, 3.63) is 55.6 Å². The minimum atomic E-state index is -0.754. The molecule has 0 bridgehead atoms. The van der Waals surface area contributed by atoms with Crippen molar-refractivity contribution in [1.82, 2.24) is 10.2 Å². The summed E-state index contributed by atoms with van der Waals surface area (Å²) in [5, 5.41) is 22.0. The fourth-order valence-electron chi connectivity index (χ4n) is 1.91. The molecular weight excluding hydrogens is 324 g/mol. The van der Waals surface area contributed by atoms with Crippen LogP contribution >= 0.6 is 11.3 Å². The molecule has 1 amide bonds. The number of non-ortho nitro benzene ring substituents is 1. The highest BCUT2D eigenvalue weighted by molar-refractivity contribution is 7.15. The van der Waals surface area contributed by atoms with Crippen LogP contribution in [-0.4, -0.2) is 21.0 Å². The van der Waals surface area contributed by atoms with Gasteiger partial charge in [0.25, 0.3) is 11.6 Å². The van der Waals surface area contributed by atoms with Gasteiger partial charge in [-0.3, -0.25) is 20.2 Å². The van der Waals surface area contributed by atoms with Crippen molar-refractivity contribution in [3.63, 3.8) is 0 Å². The van der Waals surface area contributed by atoms with Crippen LogP contribution in [0.15, 0.2) is 33.5 Å². The second-order valence-corrected chi connectivity index (χ2v) is 5.69. The predicted octanol–water partition coefficient (Wildman–Crippen LogP) is 2.11. The molecule has 1 aromatic carbocycles. The van der Waals surface area contributed by atoms with E-state index in [0.29, 0.717) is 5.01 Å². The number of rotatable bonds is 3. The molecule has 2 heterocycles. The van der Waals surface area contributed by atoms with Crippen LogP contribution in [0.2, 0.25) is 0 Å². The Hall–Kier alpha value is -3.14. The van der Waals surface area contributed by atoms with Crippen molar-refractivity contribution in [2.75, 3.05) is 5.32 Å². The molecule has 9 nitrogen and oxygen atoms in total. The van der Waals surface area contributed by atoms with Crippen LogP contribution in [0.3, 0.4) is 0 Å². The summed E-state index contributed by atoms with van der Waals surface area (Å²) in [5.74, 6) is -0.956. The number of nitro benzene ring substituents is 1. The van der Waals surface area contributed by atoms with E-state index in [9.17, 15) is 19.7 Å². The lowest BCUT2D eigenvalue weighted by Gasteiger charge is -2.02. The molecular formula is C13H8N4O5S. The third kappa shape index (κ3) is 2.92. The maximum Gasteiger partial charge on any atom is 0.344 e. The number of carbonyl (C=O) groups excluding carboxylic acids is 1. The summed E-state index contributed by atoms with van der Waals surface area (Å²) < 4.78 is 4.95. The fourth-order valence-corrected chi connectivity index (χ4v) is 2.50. The quantitative estimate of drug-likeness (QED) is 0.574. The Labute approximate surface area is 131 Å². The van der Waals surface area contributed by atoms with Gasteiger partial charge in [0, 0.05) is 12.1 Å². The molecule has 0 saturated heterocycles. The number of aromatic nitrogens is 2. The molecule has 0 unspecified atom stereocenters. The zero-order chi connectivity index (χ0) is 16.6. The predicted molar refractivity (Wildman–Crippen MR) is 81.7 cm³/mol. The molecule has 0 aliphatic carbocycles. The van der Waals surface area contributed by atoms with Crippen LogP contribution in [0, 0.1) is 17.0 Å². The molecule has 116 valence electrons. The van der Waals surface area contributed by atoms with E-state index in [1.54, 1.807) is 6.92 Å². The van der Waals surface area contributed by atoms with Gasteiger partial charge in [0.05, 0.1) is 10.3 Å². The number of hydrogen-bond donors (Lipinski definition) is 1. The van der Waals surface area contributed by atoms with Crippen molar-refractivity contribution in [2.24, 2.45) is 0 Å². The second-order valence-electron chi connectivity index (χ2n) is 4.51. The van der Waals surface area contributed by atoms with Gasteiger partial charge < -0.3 is 4.42 Å². The maximum absolute atomic E-state index is 12.1. The Morgan fingerprint density at radius 1 is 1.35 bits per heavy atom. The summed E-state index contributed by atoms with van der Waals surface area (Å²) in [7, 11) is 0. The number of nitrogens with one attached hydrogen (secondary N) is 1. The normalized spacial score (nSPS) is 10.7. The highest BCUT2D eigenvalue weighted by Crippen LogP contribution is 2.20. The molecule has 0 saturated carbocycles. The second kappa shape index (κ2) is 5.57. The van der Waals surface area contributed by atoms with Gasteiger partial charge >= 0.3 is 5.63 Å². The van der Waals surface area contributed by atoms with Crippen LogP contribution in [0.1, 0.15) is 15.6 Å². The highest BCUT2D eigenvalue weighted by atomic mass is 32.1. The first-order valence-corrected chi connectivity index (χ1v) is 7.09. The Balaban J connectivity index is 2.02. The first kappa shape index (κ1) is 14.8. The minimum Gasteiger partial charge on any atom is -0.417 e. The average molecular weight is 332 g/mol. The summed E-state index contributed by atoms with van der Waals surface area (Å²) in [6.45, 7) is 1.72. The largest absolute Gasteiger partial charge is 0.417 e. The standard InChI is InChI=1S/C13H8N4O5S/c1-6-15-16-13(23-6)14-11(18)10-5-7-4-8(17(20)21)2-3-9(7)12(19)22-10/h2-5H,1H3,(H,14,16,18). The van der Waals surface area contributed by atoms with E-state index < -0.39 is 16.5 Å². The van der Waals surface area contributed by atoms with Crippen molar-refractivity contribution >= 4 is 38.8 Å². The van der Waals surface area contributed by atoms with E-state index in [-0.39, 0.29) is 27.4 Å². The van der Waals surface area contributed by atoms with E-state index in [1.165, 1.54) is 24.3 Å². The van der Waals surface area contributed by atoms with Gasteiger partial charge in [-0.25, -0.2) is 4.79 Å². The van der Waals surface area contributed by atoms with E-state index in [4.69, 9.17) is 4.42 Å². The smallest absolute Gasteiger partial charge is 0.344 e. The maximum atomic E-state index is 12.1. The number of hydrogen-bond acceptors (Lipinski definition) is 8. The summed E-state index contributed by atoms with van der Waals surface area (Å²) in [5.41, 5.74) is -0.940. The van der Waals surface area contributed by atoms with Crippen molar-refractivity contribution in [1.29, 1.82) is 0 Å². The molecule has 0 radical (unpaired) electrons. The van der Waals surface area contributed by atoms with Crippen molar-refractivity contribution < 1.29 is 14.1 Å². The van der Waals surface area contributed by atoms with E-state index >= 15 is 0 Å². The van der Waals surface area contributed by atoms with Gasteiger partial charge in [-0.1, -0.05) is 11.3 Å². The molecule has 0 fully saturated rings. The summed E-state index contributed by atoms with van der Waals surface area (Å²) in [4.78, 5) is 34.2. The number of amides is 1. The van der Waals surface area contributed by atoms with Gasteiger partial charge in [-0.05, 0) is 24.4 Å². The summed E-state index contributed by atoms with van der Waals surface area (Å²) >= 11 is 1.16. The third-order valence-corrected chi connectivity index (χ3v) is 3.68. The molecule has 0 aliphatic heterocycles. The van der Waals surface area contributed by atoms with E-state index in [0.717, 1.165) is 11.3 Å². The number of fused-ring (bicyclic) bond motifs is 1. The number of nitro groups is 1.